The van der Waals surface area contributed by atoms with Crippen molar-refractivity contribution in [3.8, 4) is 0 Å². The van der Waals surface area contributed by atoms with Gasteiger partial charge in [-0.1, -0.05) is 6.58 Å². The van der Waals surface area contributed by atoms with E-state index in [0.717, 1.165) is 0 Å². The molecule has 0 radical (unpaired) electrons. The van der Waals surface area contributed by atoms with Gasteiger partial charge in [0, 0.05) is 5.57 Å². The van der Waals surface area contributed by atoms with Crippen LogP contribution < -0.4 is 0 Å². The quantitative estimate of drug-likeness (QED) is 0.253. The van der Waals surface area contributed by atoms with Gasteiger partial charge in [-0.2, -0.15) is 0 Å². The van der Waals surface area contributed by atoms with Gasteiger partial charge >= 0.3 is 35.5 Å². The molecule has 4 heteroatoms. The Balaban J connectivity index is 0.000001000. The number of carbonyl (C=O) groups is 1. The number of ether oxygens (including phenoxy) is 2. The summed E-state index contributed by atoms with van der Waals surface area (Å²) in [5.74, 6) is -0.337. The Morgan fingerprint density at radius 1 is 1.82 bits per heavy atom. The normalized spacial score (nSPS) is 19.9. The van der Waals surface area contributed by atoms with E-state index in [1.807, 2.05) is 0 Å². The Kier molecular flexibility index (Phi) is 5.01. The summed E-state index contributed by atoms with van der Waals surface area (Å²) in [5.41, 5.74) is 0.431. The molecule has 0 N–H and O–H groups in total. The van der Waals surface area contributed by atoms with Crippen LogP contribution in [0.25, 0.3) is 0 Å². The van der Waals surface area contributed by atoms with E-state index in [1.165, 1.54) is 0 Å². The van der Waals surface area contributed by atoms with Crippen LogP contribution in [0.4, 0.5) is 0 Å². The average Bonchev–Trinajstić information content (AvgIpc) is 2.64. The van der Waals surface area contributed by atoms with Gasteiger partial charge < -0.3 is 9.47 Å². The second kappa shape index (κ2) is 4.93. The third kappa shape index (κ3) is 4.58. The summed E-state index contributed by atoms with van der Waals surface area (Å²) in [6.45, 7) is 6.14. The van der Waals surface area contributed by atoms with Crippen LogP contribution in [0.3, 0.4) is 0 Å². The van der Waals surface area contributed by atoms with Crippen molar-refractivity contribution in [3.05, 3.63) is 12.2 Å². The van der Waals surface area contributed by atoms with Crippen molar-refractivity contribution in [2.45, 2.75) is 13.0 Å². The predicted octanol–water partition coefficient (Wildman–Crippen LogP) is -0.144. The summed E-state index contributed by atoms with van der Waals surface area (Å²) in [6, 6.07) is 0. The zero-order valence-corrected chi connectivity index (χ0v) is 5.92. The van der Waals surface area contributed by atoms with E-state index in [0.29, 0.717) is 18.8 Å². The summed E-state index contributed by atoms with van der Waals surface area (Å²) in [7, 11) is 0. The van der Waals surface area contributed by atoms with Crippen LogP contribution >= 0.6 is 0 Å². The molecule has 1 unspecified atom stereocenters. The minimum absolute atomic E-state index is 0. The Bertz CT molecular complexity index is 163. The summed E-state index contributed by atoms with van der Waals surface area (Å²) < 4.78 is 9.60. The summed E-state index contributed by atoms with van der Waals surface area (Å²) >= 11 is 0. The first-order valence-corrected chi connectivity index (χ1v) is 3.14. The second-order valence-electron chi connectivity index (χ2n) is 2.33. The summed E-state index contributed by atoms with van der Waals surface area (Å²) in [4.78, 5) is 10.7. The molecule has 0 aliphatic carbocycles. The minimum atomic E-state index is -0.337. The third-order valence-electron chi connectivity index (χ3n) is 1.15. The van der Waals surface area contributed by atoms with E-state index in [2.05, 4.69) is 6.58 Å². The van der Waals surface area contributed by atoms with Gasteiger partial charge in [0.05, 0.1) is 6.61 Å². The van der Waals surface area contributed by atoms with Gasteiger partial charge in [0.1, 0.15) is 12.7 Å². The predicted molar refractivity (Wildman–Crippen MR) is 42.7 cm³/mol. The molecule has 1 atom stereocenters. The molecule has 0 saturated carbocycles. The second-order valence-corrected chi connectivity index (χ2v) is 2.33. The molecule has 0 aromatic heterocycles. The molecule has 1 aliphatic heterocycles. The monoisotopic (exact) mass is 166 g/mol. The standard InChI is InChI=1S/C7H10O3.Na.H/c1-5(2)7(8)10-4-6-3-9-6;;/h6H,1,3-4H2,2H3;;. The molecule has 1 heterocycles. The van der Waals surface area contributed by atoms with Crippen molar-refractivity contribution in [2.75, 3.05) is 13.2 Å². The van der Waals surface area contributed by atoms with E-state index in [1.54, 1.807) is 6.92 Å². The van der Waals surface area contributed by atoms with E-state index in [9.17, 15) is 4.79 Å². The molecule has 1 rings (SSSR count). The molecule has 0 aromatic carbocycles. The van der Waals surface area contributed by atoms with E-state index < -0.39 is 0 Å². The summed E-state index contributed by atoms with van der Waals surface area (Å²) in [6.07, 6.45) is 0.142. The van der Waals surface area contributed by atoms with Gasteiger partial charge in [0.15, 0.2) is 0 Å². The van der Waals surface area contributed by atoms with Crippen molar-refractivity contribution in [1.82, 2.24) is 0 Å². The fraction of sp³-hybridized carbons (Fsp3) is 0.571. The number of esters is 1. The van der Waals surface area contributed by atoms with Crippen molar-refractivity contribution < 1.29 is 14.3 Å². The van der Waals surface area contributed by atoms with Crippen LogP contribution in [0.5, 0.6) is 0 Å². The molecular formula is C7H11NaO3. The van der Waals surface area contributed by atoms with Crippen molar-refractivity contribution >= 4 is 35.5 Å². The summed E-state index contributed by atoms with van der Waals surface area (Å²) in [5, 5.41) is 0. The van der Waals surface area contributed by atoms with Crippen LogP contribution in [-0.2, 0) is 14.3 Å². The fourth-order valence-corrected chi connectivity index (χ4v) is 0.456. The molecule has 1 aliphatic rings. The van der Waals surface area contributed by atoms with E-state index in [-0.39, 0.29) is 41.6 Å². The van der Waals surface area contributed by atoms with Gasteiger partial charge in [0.25, 0.3) is 0 Å². The average molecular weight is 166 g/mol. The van der Waals surface area contributed by atoms with Crippen molar-refractivity contribution in [3.63, 3.8) is 0 Å². The molecule has 3 nitrogen and oxygen atoms in total. The van der Waals surface area contributed by atoms with Gasteiger partial charge in [-0.3, -0.25) is 0 Å². The molecule has 58 valence electrons. The Morgan fingerprint density at radius 3 is 2.73 bits per heavy atom. The topological polar surface area (TPSA) is 38.8 Å². The molecule has 0 amide bonds. The number of rotatable bonds is 3. The first-order chi connectivity index (χ1) is 4.70. The molecular weight excluding hydrogens is 155 g/mol. The van der Waals surface area contributed by atoms with E-state index in [4.69, 9.17) is 9.47 Å². The zero-order valence-electron chi connectivity index (χ0n) is 5.92. The molecule has 1 saturated heterocycles. The van der Waals surface area contributed by atoms with E-state index >= 15 is 0 Å². The molecule has 0 aromatic rings. The number of carbonyl (C=O) groups excluding carboxylic acids is 1. The third-order valence-corrected chi connectivity index (χ3v) is 1.15. The maximum atomic E-state index is 10.7. The van der Waals surface area contributed by atoms with Crippen LogP contribution in [-0.4, -0.2) is 54.8 Å². The maximum absolute atomic E-state index is 10.7. The molecule has 0 bridgehead atoms. The first kappa shape index (κ1) is 11.2. The molecule has 11 heavy (non-hydrogen) atoms. The van der Waals surface area contributed by atoms with Crippen LogP contribution in [0, 0.1) is 0 Å². The van der Waals surface area contributed by atoms with Gasteiger partial charge in [-0.15, -0.1) is 0 Å². The van der Waals surface area contributed by atoms with Crippen molar-refractivity contribution in [1.29, 1.82) is 0 Å². The number of hydrogen-bond acceptors (Lipinski definition) is 3. The van der Waals surface area contributed by atoms with Crippen LogP contribution in [0.2, 0.25) is 0 Å². The SMILES string of the molecule is C=C(C)C(=O)OCC1CO1.[NaH]. The fourth-order valence-electron chi connectivity index (χ4n) is 0.456. The number of hydrogen-bond donors (Lipinski definition) is 0. The Labute approximate surface area is 88.0 Å². The van der Waals surface area contributed by atoms with Crippen LogP contribution in [0.1, 0.15) is 6.92 Å². The Hall–Kier alpha value is 0.170. The zero-order chi connectivity index (χ0) is 7.56. The van der Waals surface area contributed by atoms with Gasteiger partial charge in [-0.25, -0.2) is 4.79 Å². The van der Waals surface area contributed by atoms with Gasteiger partial charge in [0.2, 0.25) is 0 Å². The van der Waals surface area contributed by atoms with Crippen LogP contribution in [0.15, 0.2) is 12.2 Å². The Morgan fingerprint density at radius 2 is 2.36 bits per heavy atom. The number of epoxide rings is 1. The first-order valence-electron chi connectivity index (χ1n) is 3.14. The molecule has 0 spiro atoms. The molecule has 1 fully saturated rings. The van der Waals surface area contributed by atoms with Crippen molar-refractivity contribution in [2.24, 2.45) is 0 Å². The van der Waals surface area contributed by atoms with Gasteiger partial charge in [-0.05, 0) is 6.92 Å².